The van der Waals surface area contributed by atoms with Crippen LogP contribution in [-0.4, -0.2) is 55.2 Å². The van der Waals surface area contributed by atoms with Gasteiger partial charge in [0.15, 0.2) is 0 Å². The number of likely N-dealkylation sites (tertiary alicyclic amines) is 1. The van der Waals surface area contributed by atoms with E-state index < -0.39 is 23.2 Å². The second-order valence-electron chi connectivity index (χ2n) is 12.2. The van der Waals surface area contributed by atoms with Gasteiger partial charge in [0.1, 0.15) is 22.7 Å². The molecule has 10 nitrogen and oxygen atoms in total. The molecule has 1 aromatic carbocycles. The van der Waals surface area contributed by atoms with Crippen molar-refractivity contribution in [3.8, 4) is 11.3 Å². The van der Waals surface area contributed by atoms with E-state index in [-0.39, 0.29) is 52.1 Å². The number of nitrogens with two attached hydrogens (primary N) is 2. The summed E-state index contributed by atoms with van der Waals surface area (Å²) in [4.78, 5) is 26.7. The van der Waals surface area contributed by atoms with E-state index >= 15 is 0 Å². The lowest BCUT2D eigenvalue weighted by Crippen LogP contribution is -2.42. The van der Waals surface area contributed by atoms with Crippen molar-refractivity contribution in [2.24, 2.45) is 23.0 Å². The van der Waals surface area contributed by atoms with Gasteiger partial charge in [-0.3, -0.25) is 9.48 Å². The summed E-state index contributed by atoms with van der Waals surface area (Å²) in [6, 6.07) is 3.62. The molecular weight excluding hydrogens is 563 g/mol. The number of rotatable bonds is 5. The Hall–Kier alpha value is -3.74. The number of ether oxygens (including phenoxy) is 1. The zero-order chi connectivity index (χ0) is 29.6. The molecule has 0 radical (unpaired) electrons. The van der Waals surface area contributed by atoms with Crippen molar-refractivity contribution in [1.29, 1.82) is 0 Å². The minimum Gasteiger partial charge on any atom is -0.444 e. The summed E-state index contributed by atoms with van der Waals surface area (Å²) in [5.41, 5.74) is 11.7. The molecule has 0 bridgehead atoms. The van der Waals surface area contributed by atoms with Gasteiger partial charge in [-0.05, 0) is 56.7 Å². The highest BCUT2D eigenvalue weighted by Crippen LogP contribution is 2.79. The first-order valence-corrected chi connectivity index (χ1v) is 13.5. The van der Waals surface area contributed by atoms with Crippen LogP contribution in [0, 0.1) is 17.3 Å². The van der Waals surface area contributed by atoms with Gasteiger partial charge in [0.25, 0.3) is 5.91 Å². The summed E-state index contributed by atoms with van der Waals surface area (Å²) < 4.78 is 48.4. The van der Waals surface area contributed by atoms with Gasteiger partial charge in [0.2, 0.25) is 0 Å². The van der Waals surface area contributed by atoms with Crippen LogP contribution >= 0.6 is 11.6 Å². The Kier molecular flexibility index (Phi) is 5.94. The number of carbonyl (C=O) groups is 2. The molecule has 4 N–H and O–H groups in total. The van der Waals surface area contributed by atoms with Crippen molar-refractivity contribution in [3.05, 3.63) is 52.3 Å². The maximum atomic E-state index is 13.3. The number of amides is 2. The molecule has 3 heterocycles. The summed E-state index contributed by atoms with van der Waals surface area (Å²) in [6.07, 6.45) is -1.11. The summed E-state index contributed by atoms with van der Waals surface area (Å²) in [7, 11) is 0. The Morgan fingerprint density at radius 2 is 1.98 bits per heavy atom. The summed E-state index contributed by atoms with van der Waals surface area (Å²) in [5.74, 6) is -0.0213. The van der Waals surface area contributed by atoms with E-state index in [9.17, 15) is 22.8 Å². The molecule has 14 heteroatoms. The number of fused-ring (bicyclic) bond motifs is 1. The molecule has 1 saturated heterocycles. The second kappa shape index (κ2) is 8.88. The molecule has 2 aromatic heterocycles. The molecule has 2 amide bonds. The third-order valence-corrected chi connectivity index (χ3v) is 8.71. The van der Waals surface area contributed by atoms with Gasteiger partial charge in [-0.15, -0.1) is 0 Å². The molecule has 2 saturated carbocycles. The molecular formula is C27H29ClF3N7O3. The molecule has 3 aromatic rings. The van der Waals surface area contributed by atoms with Crippen LogP contribution in [-0.2, 0) is 17.5 Å². The van der Waals surface area contributed by atoms with Crippen molar-refractivity contribution in [2.75, 3.05) is 18.8 Å². The van der Waals surface area contributed by atoms with Gasteiger partial charge in [0, 0.05) is 30.3 Å². The van der Waals surface area contributed by atoms with Crippen molar-refractivity contribution in [2.45, 2.75) is 51.6 Å². The number of alkyl halides is 3. The smallest absolute Gasteiger partial charge is 0.417 e. The Bertz CT molecular complexity index is 1580. The van der Waals surface area contributed by atoms with Gasteiger partial charge in [-0.2, -0.15) is 23.4 Å². The molecule has 3 fully saturated rings. The fourth-order valence-electron chi connectivity index (χ4n) is 6.64. The first kappa shape index (κ1) is 27.4. The fourth-order valence-corrected chi connectivity index (χ4v) is 6.87. The highest BCUT2D eigenvalue weighted by molar-refractivity contribution is 6.31. The van der Waals surface area contributed by atoms with Crippen LogP contribution in [0.2, 0.25) is 5.02 Å². The van der Waals surface area contributed by atoms with Crippen LogP contribution in [0.4, 0.5) is 23.8 Å². The highest BCUT2D eigenvalue weighted by atomic mass is 35.5. The number of benzene rings is 1. The van der Waals surface area contributed by atoms with E-state index in [1.165, 1.54) is 23.0 Å². The molecule has 4 atom stereocenters. The maximum absolute atomic E-state index is 13.3. The van der Waals surface area contributed by atoms with E-state index in [4.69, 9.17) is 27.8 Å². The van der Waals surface area contributed by atoms with Crippen LogP contribution in [0.15, 0.2) is 30.6 Å². The lowest BCUT2D eigenvalue weighted by Gasteiger charge is -2.37. The first-order chi connectivity index (χ1) is 19.1. The number of nitrogens with zero attached hydrogens (tertiary/aromatic N) is 5. The summed E-state index contributed by atoms with van der Waals surface area (Å²) in [5, 5.41) is 8.54. The minimum atomic E-state index is -4.59. The van der Waals surface area contributed by atoms with Gasteiger partial charge in [0.05, 0.1) is 29.4 Å². The van der Waals surface area contributed by atoms with Crippen LogP contribution in [0.25, 0.3) is 11.3 Å². The van der Waals surface area contributed by atoms with Gasteiger partial charge >= 0.3 is 12.3 Å². The number of hydrogen-bond donors (Lipinski definition) is 2. The fraction of sp³-hybridized carbons (Fsp3) is 0.481. The standard InChI is InChI=1S/C27H29ClF3N7O3/c1-25(2,3)41-24(40)36-11-16-20-18(7-26(16,20)12-36)38-22(32)19(23(33)39)21(35-38)14-8-34-37(10-14)9-13-4-5-17(28)15(6-13)27(29,30)31/h4-6,8,10,16,18,20H,7,9,11-12,32H2,1-3H3,(H2,33,39)/t16?,18-,20-,26+/m1/s1. The Morgan fingerprint density at radius 3 is 2.61 bits per heavy atom. The zero-order valence-corrected chi connectivity index (χ0v) is 23.3. The number of anilines is 1. The van der Waals surface area contributed by atoms with E-state index in [0.717, 1.165) is 12.5 Å². The molecule has 6 rings (SSSR count). The van der Waals surface area contributed by atoms with Crippen molar-refractivity contribution >= 4 is 29.4 Å². The summed E-state index contributed by atoms with van der Waals surface area (Å²) in [6.45, 7) is 6.74. The van der Waals surface area contributed by atoms with Crippen molar-refractivity contribution in [3.63, 3.8) is 0 Å². The number of hydrogen-bond acceptors (Lipinski definition) is 6. The Labute approximate surface area is 238 Å². The lowest BCUT2D eigenvalue weighted by atomic mass is 9.80. The molecule has 218 valence electrons. The van der Waals surface area contributed by atoms with Gasteiger partial charge < -0.3 is 21.1 Å². The molecule has 1 spiro atoms. The zero-order valence-electron chi connectivity index (χ0n) is 22.6. The van der Waals surface area contributed by atoms with E-state index in [0.29, 0.717) is 30.1 Å². The number of aromatic nitrogens is 4. The normalized spacial score (nSPS) is 25.0. The lowest BCUT2D eigenvalue weighted by molar-refractivity contribution is -0.137. The number of nitrogen functional groups attached to an aromatic ring is 1. The quantitative estimate of drug-likeness (QED) is 0.446. The van der Waals surface area contributed by atoms with E-state index in [2.05, 4.69) is 10.2 Å². The van der Waals surface area contributed by atoms with Gasteiger partial charge in [-0.25, -0.2) is 9.48 Å². The Balaban J connectivity index is 1.20. The van der Waals surface area contributed by atoms with Crippen LogP contribution in [0.3, 0.4) is 0 Å². The Morgan fingerprint density at radius 1 is 1.24 bits per heavy atom. The summed E-state index contributed by atoms with van der Waals surface area (Å²) >= 11 is 5.73. The van der Waals surface area contributed by atoms with Crippen molar-refractivity contribution in [1.82, 2.24) is 24.5 Å². The number of piperidine rings is 1. The van der Waals surface area contributed by atoms with E-state index in [1.54, 1.807) is 15.8 Å². The van der Waals surface area contributed by atoms with Crippen LogP contribution in [0.1, 0.15) is 54.7 Å². The molecule has 1 aliphatic heterocycles. The van der Waals surface area contributed by atoms with Crippen molar-refractivity contribution < 1.29 is 27.5 Å². The third-order valence-electron chi connectivity index (χ3n) is 8.38. The topological polar surface area (TPSA) is 134 Å². The number of halogens is 4. The largest absolute Gasteiger partial charge is 0.444 e. The molecule has 1 unspecified atom stereocenters. The predicted octanol–water partition coefficient (Wildman–Crippen LogP) is 4.58. The number of primary amides is 1. The molecule has 41 heavy (non-hydrogen) atoms. The number of carbonyl (C=O) groups excluding carboxylic acids is 2. The van der Waals surface area contributed by atoms with Gasteiger partial charge in [-0.1, -0.05) is 17.7 Å². The average molecular weight is 592 g/mol. The second-order valence-corrected chi connectivity index (χ2v) is 12.6. The SMILES string of the molecule is CC(C)(C)OC(=O)N1CC2[C@@H]3[C@H](n4nc(-c5cnn(Cc6ccc(Cl)c(C(F)(F)F)c6)c5)c(C(N)=O)c4N)C[C@]23C1. The monoisotopic (exact) mass is 591 g/mol. The highest BCUT2D eigenvalue weighted by Gasteiger charge is 2.79. The minimum absolute atomic E-state index is 0.00570. The first-order valence-electron chi connectivity index (χ1n) is 13.1. The maximum Gasteiger partial charge on any atom is 0.417 e. The third kappa shape index (κ3) is 4.50. The predicted molar refractivity (Wildman–Crippen MR) is 143 cm³/mol. The van der Waals surface area contributed by atoms with Crippen LogP contribution in [0.5, 0.6) is 0 Å². The molecule has 2 aliphatic carbocycles. The average Bonchev–Trinajstić information content (AvgIpc) is 3.34. The van der Waals surface area contributed by atoms with E-state index in [1.807, 2.05) is 20.8 Å². The van der Waals surface area contributed by atoms with Crippen LogP contribution < -0.4 is 11.5 Å². The molecule has 3 aliphatic rings.